The van der Waals surface area contributed by atoms with Crippen LogP contribution in [0.2, 0.25) is 0 Å². The second kappa shape index (κ2) is 10.1. The van der Waals surface area contributed by atoms with Crippen molar-refractivity contribution in [3.05, 3.63) is 62.5 Å². The zero-order valence-corrected chi connectivity index (χ0v) is 20.4. The number of benzene rings is 2. The summed E-state index contributed by atoms with van der Waals surface area (Å²) in [7, 11) is -1.85. The third kappa shape index (κ3) is 6.27. The van der Waals surface area contributed by atoms with Crippen molar-refractivity contribution in [2.45, 2.75) is 47.1 Å². The second-order valence-corrected chi connectivity index (χ2v) is 9.78. The molecule has 6 nitrogen and oxygen atoms in total. The molecule has 9 heteroatoms. The number of carbonyl (C=O) groups excluding carboxylic acids is 2. The van der Waals surface area contributed by atoms with Gasteiger partial charge >= 0.3 is 7.12 Å². The smallest absolute Gasteiger partial charge is 0.423 e. The molecule has 2 amide bonds. The van der Waals surface area contributed by atoms with Gasteiger partial charge in [-0.15, -0.1) is 0 Å². The normalized spacial score (nSPS) is 12.3. The number of aryl methyl sites for hydroxylation is 1. The minimum absolute atomic E-state index is 0.0718. The van der Waals surface area contributed by atoms with Crippen molar-refractivity contribution in [3.8, 4) is 0 Å². The van der Waals surface area contributed by atoms with E-state index in [2.05, 4.69) is 28.0 Å². The molecule has 0 aliphatic carbocycles. The van der Waals surface area contributed by atoms with Gasteiger partial charge in [0.2, 0.25) is 0 Å². The molecule has 0 heterocycles. The molecule has 1 atom stereocenters. The fourth-order valence-electron chi connectivity index (χ4n) is 3.50. The summed E-state index contributed by atoms with van der Waals surface area (Å²) in [6, 6.07) is 8.36. The first kappa shape index (κ1) is 25.3. The number of nitrogens with zero attached hydrogens (tertiary/aromatic N) is 1. The van der Waals surface area contributed by atoms with Gasteiger partial charge in [0.1, 0.15) is 5.82 Å². The van der Waals surface area contributed by atoms with Gasteiger partial charge in [-0.2, -0.15) is 0 Å². The Labute approximate surface area is 196 Å². The van der Waals surface area contributed by atoms with E-state index in [1.54, 1.807) is 12.1 Å². The van der Waals surface area contributed by atoms with Crippen LogP contribution in [0.3, 0.4) is 0 Å². The van der Waals surface area contributed by atoms with E-state index in [0.29, 0.717) is 12.0 Å². The monoisotopic (exact) mass is 540 g/mol. The number of carbonyl (C=O) groups is 2. The van der Waals surface area contributed by atoms with Crippen LogP contribution in [-0.2, 0) is 0 Å². The van der Waals surface area contributed by atoms with Crippen molar-refractivity contribution in [2.24, 2.45) is 5.41 Å². The first-order valence-electron chi connectivity index (χ1n) is 9.92. The van der Waals surface area contributed by atoms with Crippen molar-refractivity contribution in [1.29, 1.82) is 0 Å². The van der Waals surface area contributed by atoms with E-state index in [4.69, 9.17) is 0 Å². The quantitative estimate of drug-likeness (QED) is 0.309. The standard InChI is InChI=1S/C22H27BFIN2O4/c1-6-19(22(3,4)5)27(21(29)14-9-13(2)10-16(25)11-14)26-20(28)17-8-7-15(23(30)31)12-18(17)24/h7-12,19,30-31H,6H2,1-5H3,(H,26,28)/t19-/m1/s1. The van der Waals surface area contributed by atoms with Crippen molar-refractivity contribution in [1.82, 2.24) is 10.4 Å². The number of hydrogen-bond acceptors (Lipinski definition) is 4. The molecule has 0 fully saturated rings. The molecule has 0 unspecified atom stereocenters. The van der Waals surface area contributed by atoms with Crippen LogP contribution in [0, 0.1) is 21.7 Å². The highest BCUT2D eigenvalue weighted by atomic mass is 127. The molecule has 3 N–H and O–H groups in total. The Morgan fingerprint density at radius 2 is 1.84 bits per heavy atom. The van der Waals surface area contributed by atoms with E-state index in [-0.39, 0.29) is 28.4 Å². The Bertz CT molecular complexity index is 958. The van der Waals surface area contributed by atoms with Crippen LogP contribution in [0.1, 0.15) is 60.4 Å². The maximum Gasteiger partial charge on any atom is 0.488 e. The topological polar surface area (TPSA) is 89.9 Å². The van der Waals surface area contributed by atoms with Gasteiger partial charge in [-0.1, -0.05) is 33.8 Å². The van der Waals surface area contributed by atoms with Gasteiger partial charge in [0.05, 0.1) is 11.6 Å². The van der Waals surface area contributed by atoms with E-state index in [9.17, 15) is 24.0 Å². The molecule has 31 heavy (non-hydrogen) atoms. The average molecular weight is 540 g/mol. The van der Waals surface area contributed by atoms with Crippen LogP contribution in [-0.4, -0.2) is 40.0 Å². The summed E-state index contributed by atoms with van der Waals surface area (Å²) in [4.78, 5) is 26.3. The largest absolute Gasteiger partial charge is 0.488 e. The number of rotatable bonds is 5. The SMILES string of the molecule is CC[C@@H](N(NC(=O)c1ccc(B(O)O)cc1F)C(=O)c1cc(C)cc(I)c1)C(C)(C)C. The summed E-state index contributed by atoms with van der Waals surface area (Å²) >= 11 is 2.13. The van der Waals surface area contributed by atoms with Crippen LogP contribution < -0.4 is 10.9 Å². The number of halogens is 2. The van der Waals surface area contributed by atoms with Crippen molar-refractivity contribution in [2.75, 3.05) is 0 Å². The van der Waals surface area contributed by atoms with Crippen LogP contribution >= 0.6 is 22.6 Å². The van der Waals surface area contributed by atoms with E-state index < -0.39 is 18.8 Å². The molecular weight excluding hydrogens is 513 g/mol. The van der Waals surface area contributed by atoms with E-state index in [1.165, 1.54) is 11.1 Å². The van der Waals surface area contributed by atoms with Crippen LogP contribution in [0.15, 0.2) is 36.4 Å². The predicted molar refractivity (Wildman–Crippen MR) is 127 cm³/mol. The molecule has 0 saturated carbocycles. The molecule has 0 aliphatic heterocycles. The predicted octanol–water partition coefficient (Wildman–Crippen LogP) is 3.03. The van der Waals surface area contributed by atoms with Crippen LogP contribution in [0.5, 0.6) is 0 Å². The van der Waals surface area contributed by atoms with Gasteiger partial charge in [0, 0.05) is 9.13 Å². The molecule has 0 spiro atoms. The molecule has 0 saturated heterocycles. The Balaban J connectivity index is 2.46. The lowest BCUT2D eigenvalue weighted by molar-refractivity contribution is 0.0283. The minimum Gasteiger partial charge on any atom is -0.423 e. The van der Waals surface area contributed by atoms with Crippen LogP contribution in [0.4, 0.5) is 4.39 Å². The summed E-state index contributed by atoms with van der Waals surface area (Å²) in [5.74, 6) is -2.10. The number of hydrazine groups is 1. The van der Waals surface area contributed by atoms with Gasteiger partial charge in [-0.3, -0.25) is 15.0 Å². The zero-order chi connectivity index (χ0) is 23.5. The van der Waals surface area contributed by atoms with Gasteiger partial charge in [0.15, 0.2) is 0 Å². The Hall–Kier alpha value is -1.98. The second-order valence-electron chi connectivity index (χ2n) is 8.54. The lowest BCUT2D eigenvalue weighted by atomic mass is 9.80. The third-order valence-electron chi connectivity index (χ3n) is 4.96. The lowest BCUT2D eigenvalue weighted by Crippen LogP contribution is -2.56. The summed E-state index contributed by atoms with van der Waals surface area (Å²) in [5.41, 5.74) is 3.19. The average Bonchev–Trinajstić information content (AvgIpc) is 2.65. The Morgan fingerprint density at radius 1 is 1.19 bits per heavy atom. The summed E-state index contributed by atoms with van der Waals surface area (Å²) in [5, 5.41) is 19.7. The van der Waals surface area contributed by atoms with Gasteiger partial charge in [-0.25, -0.2) is 9.40 Å². The summed E-state index contributed by atoms with van der Waals surface area (Å²) < 4.78 is 15.4. The first-order chi connectivity index (χ1) is 14.3. The molecule has 2 rings (SSSR count). The lowest BCUT2D eigenvalue weighted by Gasteiger charge is -2.39. The van der Waals surface area contributed by atoms with Crippen LogP contribution in [0.25, 0.3) is 0 Å². The molecule has 0 radical (unpaired) electrons. The Morgan fingerprint density at radius 3 is 2.32 bits per heavy atom. The Kier molecular flexibility index (Phi) is 8.24. The van der Waals surface area contributed by atoms with E-state index in [1.807, 2.05) is 40.7 Å². The molecule has 2 aromatic rings. The molecule has 166 valence electrons. The number of amides is 2. The fraction of sp³-hybridized carbons (Fsp3) is 0.364. The van der Waals surface area contributed by atoms with E-state index >= 15 is 0 Å². The molecule has 2 aromatic carbocycles. The van der Waals surface area contributed by atoms with Gasteiger partial charge < -0.3 is 10.0 Å². The maximum atomic E-state index is 14.5. The highest BCUT2D eigenvalue weighted by Crippen LogP contribution is 2.28. The van der Waals surface area contributed by atoms with Crippen molar-refractivity contribution >= 4 is 47.0 Å². The van der Waals surface area contributed by atoms with Gasteiger partial charge in [-0.05, 0) is 82.7 Å². The molecular formula is C22H27BFIN2O4. The zero-order valence-electron chi connectivity index (χ0n) is 18.2. The summed E-state index contributed by atoms with van der Waals surface area (Å²) in [6.07, 6.45) is 0.566. The number of hydrogen-bond donors (Lipinski definition) is 3. The third-order valence-corrected chi connectivity index (χ3v) is 5.59. The molecule has 0 bridgehead atoms. The van der Waals surface area contributed by atoms with Gasteiger partial charge in [0.25, 0.3) is 11.8 Å². The highest BCUT2D eigenvalue weighted by molar-refractivity contribution is 14.1. The minimum atomic E-state index is -1.85. The fourth-order valence-corrected chi connectivity index (χ4v) is 4.32. The first-order valence-corrected chi connectivity index (χ1v) is 11.0. The summed E-state index contributed by atoms with van der Waals surface area (Å²) in [6.45, 7) is 9.69. The van der Waals surface area contributed by atoms with E-state index in [0.717, 1.165) is 21.3 Å². The van der Waals surface area contributed by atoms with Crippen molar-refractivity contribution < 1.29 is 24.0 Å². The number of nitrogens with one attached hydrogen (secondary N) is 1. The molecule has 0 aromatic heterocycles. The maximum absolute atomic E-state index is 14.5. The molecule has 0 aliphatic rings. The van der Waals surface area contributed by atoms with Crippen molar-refractivity contribution in [3.63, 3.8) is 0 Å². The highest BCUT2D eigenvalue weighted by Gasteiger charge is 2.34.